The predicted octanol–water partition coefficient (Wildman–Crippen LogP) is 1.49. The Morgan fingerprint density at radius 3 is 2.61 bits per heavy atom. The lowest BCUT2D eigenvalue weighted by Crippen LogP contribution is -2.31. The second-order valence-corrected chi connectivity index (χ2v) is 5.79. The standard InChI is InChI=1S/C17H24N2O4/c1-19(2)9-8-18-17(21)5-3-4-14(20)13-6-7-15-16(12-13)23-11-10-22-15/h6-7,12H,3-5,8-11H2,1-2H3,(H,18,21). The number of rotatable bonds is 8. The SMILES string of the molecule is CN(C)CCNC(=O)CCCC(=O)c1ccc2c(c1)OCCO2. The van der Waals surface area contributed by atoms with E-state index < -0.39 is 0 Å². The summed E-state index contributed by atoms with van der Waals surface area (Å²) in [7, 11) is 3.91. The topological polar surface area (TPSA) is 67.9 Å². The molecule has 1 aliphatic heterocycles. The van der Waals surface area contributed by atoms with E-state index in [-0.39, 0.29) is 11.7 Å². The van der Waals surface area contributed by atoms with E-state index in [0.717, 1.165) is 6.54 Å². The number of ketones is 1. The van der Waals surface area contributed by atoms with Crippen molar-refractivity contribution in [2.75, 3.05) is 40.4 Å². The van der Waals surface area contributed by atoms with Crippen molar-refractivity contribution >= 4 is 11.7 Å². The van der Waals surface area contributed by atoms with E-state index in [0.29, 0.717) is 56.1 Å². The second kappa shape index (κ2) is 8.53. The van der Waals surface area contributed by atoms with Crippen LogP contribution in [0.4, 0.5) is 0 Å². The first-order valence-corrected chi connectivity index (χ1v) is 7.90. The molecule has 23 heavy (non-hydrogen) atoms. The van der Waals surface area contributed by atoms with Gasteiger partial charge in [0.05, 0.1) is 0 Å². The van der Waals surface area contributed by atoms with Crippen LogP contribution in [0.2, 0.25) is 0 Å². The number of amides is 1. The van der Waals surface area contributed by atoms with Crippen LogP contribution in [0.5, 0.6) is 11.5 Å². The molecule has 0 radical (unpaired) electrons. The van der Waals surface area contributed by atoms with Gasteiger partial charge in [0.1, 0.15) is 13.2 Å². The Labute approximate surface area is 136 Å². The number of ether oxygens (including phenoxy) is 2. The number of likely N-dealkylation sites (N-methyl/N-ethyl adjacent to an activating group) is 1. The minimum absolute atomic E-state index is 0.0122. The van der Waals surface area contributed by atoms with Crippen molar-refractivity contribution in [2.45, 2.75) is 19.3 Å². The summed E-state index contributed by atoms with van der Waals surface area (Å²) in [6.07, 6.45) is 1.26. The van der Waals surface area contributed by atoms with Crippen LogP contribution in [-0.2, 0) is 4.79 Å². The van der Waals surface area contributed by atoms with Crippen molar-refractivity contribution < 1.29 is 19.1 Å². The van der Waals surface area contributed by atoms with Gasteiger partial charge in [0, 0.05) is 31.5 Å². The first-order valence-electron chi connectivity index (χ1n) is 7.90. The molecule has 0 bridgehead atoms. The molecule has 0 spiro atoms. The number of nitrogens with one attached hydrogen (secondary N) is 1. The first-order chi connectivity index (χ1) is 11.1. The number of nitrogens with zero attached hydrogens (tertiary/aromatic N) is 1. The van der Waals surface area contributed by atoms with Gasteiger partial charge in [0.2, 0.25) is 5.91 Å². The molecule has 0 saturated carbocycles. The number of Topliss-reactive ketones (excluding diaryl/α,β-unsaturated/α-hetero) is 1. The van der Waals surface area contributed by atoms with Crippen LogP contribution in [-0.4, -0.2) is 57.0 Å². The van der Waals surface area contributed by atoms with Crippen molar-refractivity contribution in [2.24, 2.45) is 0 Å². The third-order valence-electron chi connectivity index (χ3n) is 3.55. The molecule has 1 N–H and O–H groups in total. The summed E-state index contributed by atoms with van der Waals surface area (Å²) in [5, 5.41) is 2.84. The molecule has 1 aromatic carbocycles. The third kappa shape index (κ3) is 5.56. The molecule has 1 heterocycles. The molecule has 6 nitrogen and oxygen atoms in total. The molecule has 1 aromatic rings. The van der Waals surface area contributed by atoms with Crippen molar-refractivity contribution in [1.82, 2.24) is 10.2 Å². The van der Waals surface area contributed by atoms with Crippen molar-refractivity contribution in [3.63, 3.8) is 0 Å². The monoisotopic (exact) mass is 320 g/mol. The van der Waals surface area contributed by atoms with Gasteiger partial charge in [0.15, 0.2) is 17.3 Å². The number of benzene rings is 1. The lowest BCUT2D eigenvalue weighted by atomic mass is 10.0. The normalized spacial score (nSPS) is 13.0. The van der Waals surface area contributed by atoms with Crippen LogP contribution in [0.25, 0.3) is 0 Å². The molecule has 1 aliphatic rings. The van der Waals surface area contributed by atoms with Gasteiger partial charge in [0.25, 0.3) is 0 Å². The van der Waals surface area contributed by atoms with E-state index in [9.17, 15) is 9.59 Å². The van der Waals surface area contributed by atoms with Gasteiger partial charge in [-0.2, -0.15) is 0 Å². The van der Waals surface area contributed by atoms with E-state index >= 15 is 0 Å². The molecule has 126 valence electrons. The zero-order chi connectivity index (χ0) is 16.7. The Bertz CT molecular complexity index is 558. The molecule has 0 atom stereocenters. The Kier molecular flexibility index (Phi) is 6.40. The fourth-order valence-electron chi connectivity index (χ4n) is 2.28. The highest BCUT2D eigenvalue weighted by atomic mass is 16.6. The van der Waals surface area contributed by atoms with Gasteiger partial charge in [-0.15, -0.1) is 0 Å². The summed E-state index contributed by atoms with van der Waals surface area (Å²) in [6.45, 7) is 2.46. The number of carbonyl (C=O) groups excluding carboxylic acids is 2. The summed E-state index contributed by atoms with van der Waals surface area (Å²) in [5.41, 5.74) is 0.599. The van der Waals surface area contributed by atoms with Crippen LogP contribution in [0.1, 0.15) is 29.6 Å². The summed E-state index contributed by atoms with van der Waals surface area (Å²) in [5.74, 6) is 1.29. The van der Waals surface area contributed by atoms with Gasteiger partial charge >= 0.3 is 0 Å². The zero-order valence-electron chi connectivity index (χ0n) is 13.8. The smallest absolute Gasteiger partial charge is 0.220 e. The number of carbonyl (C=O) groups is 2. The van der Waals surface area contributed by atoms with Crippen molar-refractivity contribution in [1.29, 1.82) is 0 Å². The van der Waals surface area contributed by atoms with Crippen molar-refractivity contribution in [3.05, 3.63) is 23.8 Å². The maximum Gasteiger partial charge on any atom is 0.220 e. The molecule has 1 amide bonds. The third-order valence-corrected chi connectivity index (χ3v) is 3.55. The van der Waals surface area contributed by atoms with Crippen LogP contribution < -0.4 is 14.8 Å². The van der Waals surface area contributed by atoms with Crippen LogP contribution in [0.3, 0.4) is 0 Å². The van der Waals surface area contributed by atoms with E-state index in [4.69, 9.17) is 9.47 Å². The average molecular weight is 320 g/mol. The van der Waals surface area contributed by atoms with E-state index in [1.165, 1.54) is 0 Å². The predicted molar refractivity (Wildman–Crippen MR) is 87.2 cm³/mol. The molecule has 6 heteroatoms. The Morgan fingerprint density at radius 2 is 1.87 bits per heavy atom. The van der Waals surface area contributed by atoms with E-state index in [1.54, 1.807) is 18.2 Å². The maximum atomic E-state index is 12.2. The Hall–Kier alpha value is -2.08. The average Bonchev–Trinajstić information content (AvgIpc) is 2.54. The molecule has 0 unspecified atom stereocenters. The minimum Gasteiger partial charge on any atom is -0.486 e. The highest BCUT2D eigenvalue weighted by Crippen LogP contribution is 2.31. The van der Waals surface area contributed by atoms with Gasteiger partial charge in [-0.3, -0.25) is 9.59 Å². The quantitative estimate of drug-likeness (QED) is 0.735. The maximum absolute atomic E-state index is 12.2. The highest BCUT2D eigenvalue weighted by Gasteiger charge is 2.15. The van der Waals surface area contributed by atoms with E-state index in [2.05, 4.69) is 5.32 Å². The first kappa shape index (κ1) is 17.3. The van der Waals surface area contributed by atoms with Gasteiger partial charge in [-0.25, -0.2) is 0 Å². The summed E-state index contributed by atoms with van der Waals surface area (Å²) >= 11 is 0. The van der Waals surface area contributed by atoms with Crippen molar-refractivity contribution in [3.8, 4) is 11.5 Å². The fourth-order valence-corrected chi connectivity index (χ4v) is 2.28. The summed E-state index contributed by atoms with van der Waals surface area (Å²) < 4.78 is 10.9. The second-order valence-electron chi connectivity index (χ2n) is 5.79. The van der Waals surface area contributed by atoms with Gasteiger partial charge in [-0.1, -0.05) is 0 Å². The zero-order valence-corrected chi connectivity index (χ0v) is 13.8. The molecule has 2 rings (SSSR count). The highest BCUT2D eigenvalue weighted by molar-refractivity contribution is 5.96. The van der Waals surface area contributed by atoms with Crippen LogP contribution >= 0.6 is 0 Å². The molecular formula is C17H24N2O4. The molecule has 0 saturated heterocycles. The molecule has 0 fully saturated rings. The number of hydrogen-bond acceptors (Lipinski definition) is 5. The summed E-state index contributed by atoms with van der Waals surface area (Å²) in [4.78, 5) is 25.8. The Morgan fingerprint density at radius 1 is 1.13 bits per heavy atom. The van der Waals surface area contributed by atoms with Crippen LogP contribution in [0.15, 0.2) is 18.2 Å². The largest absolute Gasteiger partial charge is 0.486 e. The van der Waals surface area contributed by atoms with Gasteiger partial charge in [-0.05, 0) is 38.7 Å². The number of hydrogen-bond donors (Lipinski definition) is 1. The lowest BCUT2D eigenvalue weighted by Gasteiger charge is -2.18. The fraction of sp³-hybridized carbons (Fsp3) is 0.529. The van der Waals surface area contributed by atoms with Crippen LogP contribution in [0, 0.1) is 0 Å². The molecule has 0 aliphatic carbocycles. The number of fused-ring (bicyclic) bond motifs is 1. The van der Waals surface area contributed by atoms with E-state index in [1.807, 2.05) is 19.0 Å². The summed E-state index contributed by atoms with van der Waals surface area (Å²) in [6, 6.07) is 5.22. The lowest BCUT2D eigenvalue weighted by molar-refractivity contribution is -0.121. The Balaban J connectivity index is 1.73. The minimum atomic E-state index is -0.0122. The van der Waals surface area contributed by atoms with Gasteiger partial charge < -0.3 is 19.7 Å². The molecule has 0 aromatic heterocycles. The molecular weight excluding hydrogens is 296 g/mol.